The Morgan fingerprint density at radius 2 is 2.29 bits per heavy atom. The highest BCUT2D eigenvalue weighted by Gasteiger charge is 2.21. The molecule has 98 valence electrons. The van der Waals surface area contributed by atoms with Crippen LogP contribution in [0.25, 0.3) is 0 Å². The summed E-state index contributed by atoms with van der Waals surface area (Å²) < 4.78 is 30.3. The van der Waals surface area contributed by atoms with E-state index in [0.717, 1.165) is 4.88 Å². The average Bonchev–Trinajstić information content (AvgIpc) is 2.76. The summed E-state index contributed by atoms with van der Waals surface area (Å²) in [6.07, 6.45) is 0. The first-order chi connectivity index (χ1) is 8.10. The van der Waals surface area contributed by atoms with Crippen molar-refractivity contribution in [2.75, 3.05) is 31.9 Å². The summed E-state index contributed by atoms with van der Waals surface area (Å²) in [4.78, 5) is 1.01. The second-order valence-corrected chi connectivity index (χ2v) is 6.91. The van der Waals surface area contributed by atoms with Gasteiger partial charge in [-0.05, 0) is 11.4 Å². The lowest BCUT2D eigenvalue weighted by molar-refractivity contribution is 0.178. The van der Waals surface area contributed by atoms with Crippen molar-refractivity contribution in [1.29, 1.82) is 0 Å². The first-order valence-corrected chi connectivity index (χ1v) is 8.17. The van der Waals surface area contributed by atoms with Crippen LogP contribution in [0, 0.1) is 0 Å². The summed E-state index contributed by atoms with van der Waals surface area (Å²) in [6.45, 7) is 1.13. The first-order valence-electron chi connectivity index (χ1n) is 5.15. The van der Waals surface area contributed by atoms with Crippen LogP contribution in [0.15, 0.2) is 17.5 Å². The second kappa shape index (κ2) is 7.33. The van der Waals surface area contributed by atoms with Crippen molar-refractivity contribution in [2.24, 2.45) is 0 Å². The van der Waals surface area contributed by atoms with Gasteiger partial charge in [-0.2, -0.15) is 4.31 Å². The van der Waals surface area contributed by atoms with Gasteiger partial charge in [-0.25, -0.2) is 8.42 Å². The average molecular weight is 298 g/mol. The van der Waals surface area contributed by atoms with Gasteiger partial charge < -0.3 is 4.74 Å². The smallest absolute Gasteiger partial charge is 0.215 e. The van der Waals surface area contributed by atoms with Crippen molar-refractivity contribution >= 4 is 33.0 Å². The maximum Gasteiger partial charge on any atom is 0.215 e. The van der Waals surface area contributed by atoms with Gasteiger partial charge in [-0.1, -0.05) is 6.07 Å². The van der Waals surface area contributed by atoms with E-state index in [2.05, 4.69) is 0 Å². The molecule has 0 atom stereocenters. The molecule has 1 aromatic rings. The van der Waals surface area contributed by atoms with Crippen LogP contribution < -0.4 is 0 Å². The number of hydrogen-bond donors (Lipinski definition) is 0. The van der Waals surface area contributed by atoms with Gasteiger partial charge in [0.15, 0.2) is 0 Å². The van der Waals surface area contributed by atoms with E-state index in [-0.39, 0.29) is 11.6 Å². The molecule has 0 saturated carbocycles. The molecule has 0 unspecified atom stereocenters. The molecule has 0 N–H and O–H groups in total. The summed E-state index contributed by atoms with van der Waals surface area (Å²) in [6, 6.07) is 3.82. The third-order valence-electron chi connectivity index (χ3n) is 2.19. The Morgan fingerprint density at radius 1 is 1.53 bits per heavy atom. The number of nitrogens with zero attached hydrogens (tertiary/aromatic N) is 1. The van der Waals surface area contributed by atoms with Crippen molar-refractivity contribution < 1.29 is 13.2 Å². The molecule has 0 saturated heterocycles. The number of methoxy groups -OCH3 is 1. The van der Waals surface area contributed by atoms with Gasteiger partial charge in [-0.15, -0.1) is 22.9 Å². The Kier molecular flexibility index (Phi) is 6.43. The lowest BCUT2D eigenvalue weighted by atomic mass is 10.4. The molecule has 1 heterocycles. The molecule has 1 aromatic heterocycles. The third-order valence-corrected chi connectivity index (χ3v) is 5.28. The van der Waals surface area contributed by atoms with E-state index in [1.54, 1.807) is 7.11 Å². The molecule has 7 heteroatoms. The van der Waals surface area contributed by atoms with Gasteiger partial charge in [0.25, 0.3) is 0 Å². The number of halogens is 1. The number of thiophene rings is 1. The van der Waals surface area contributed by atoms with Crippen LogP contribution in [-0.4, -0.2) is 44.6 Å². The minimum atomic E-state index is -3.29. The Hall–Kier alpha value is -0.140. The predicted molar refractivity (Wildman–Crippen MR) is 71.1 cm³/mol. The van der Waals surface area contributed by atoms with Crippen LogP contribution in [0.1, 0.15) is 4.88 Å². The standard InChI is InChI=1S/C10H16ClNO3S2/c1-15-6-5-12(17(13,14)8-4-11)9-10-3-2-7-16-10/h2-3,7H,4-6,8-9H2,1H3. The van der Waals surface area contributed by atoms with Crippen molar-refractivity contribution in [2.45, 2.75) is 6.54 Å². The van der Waals surface area contributed by atoms with Gasteiger partial charge in [0.05, 0.1) is 12.4 Å². The fourth-order valence-electron chi connectivity index (χ4n) is 1.31. The minimum absolute atomic E-state index is 0.0381. The van der Waals surface area contributed by atoms with Crippen LogP contribution in [-0.2, 0) is 21.3 Å². The highest BCUT2D eigenvalue weighted by molar-refractivity contribution is 7.89. The molecule has 0 fully saturated rings. The first kappa shape index (κ1) is 14.9. The Bertz CT molecular complexity index is 405. The van der Waals surface area contributed by atoms with E-state index in [0.29, 0.717) is 19.7 Å². The van der Waals surface area contributed by atoms with Crippen LogP contribution in [0.5, 0.6) is 0 Å². The van der Waals surface area contributed by atoms with Gasteiger partial charge in [0, 0.05) is 31.0 Å². The molecule has 0 aliphatic carbocycles. The van der Waals surface area contributed by atoms with Gasteiger partial charge >= 0.3 is 0 Å². The molecular formula is C10H16ClNO3S2. The lowest BCUT2D eigenvalue weighted by Gasteiger charge is -2.20. The Morgan fingerprint density at radius 3 is 2.82 bits per heavy atom. The highest BCUT2D eigenvalue weighted by Crippen LogP contribution is 2.14. The van der Waals surface area contributed by atoms with Gasteiger partial charge in [-0.3, -0.25) is 0 Å². The number of sulfonamides is 1. The third kappa shape index (κ3) is 4.93. The second-order valence-electron chi connectivity index (χ2n) is 3.41. The van der Waals surface area contributed by atoms with E-state index in [9.17, 15) is 8.42 Å². The number of rotatable bonds is 8. The normalized spacial score (nSPS) is 12.2. The SMILES string of the molecule is COCCN(Cc1cccs1)S(=O)(=O)CCCl. The summed E-state index contributed by atoms with van der Waals surface area (Å²) >= 11 is 7.05. The molecule has 0 aliphatic heterocycles. The van der Waals surface area contributed by atoms with Crippen LogP contribution in [0.4, 0.5) is 0 Å². The van der Waals surface area contributed by atoms with E-state index < -0.39 is 10.0 Å². The molecule has 0 radical (unpaired) electrons. The summed E-state index contributed by atoms with van der Waals surface area (Å²) in [7, 11) is -1.74. The molecule has 17 heavy (non-hydrogen) atoms. The quantitative estimate of drug-likeness (QED) is 0.687. The molecule has 0 spiro atoms. The summed E-state index contributed by atoms with van der Waals surface area (Å²) in [5.74, 6) is 0.0693. The van der Waals surface area contributed by atoms with Crippen molar-refractivity contribution in [3.8, 4) is 0 Å². The van der Waals surface area contributed by atoms with E-state index >= 15 is 0 Å². The van der Waals surface area contributed by atoms with Crippen LogP contribution in [0.2, 0.25) is 0 Å². The molecule has 0 bridgehead atoms. The monoisotopic (exact) mass is 297 g/mol. The largest absolute Gasteiger partial charge is 0.383 e. The molecule has 0 aliphatic rings. The fourth-order valence-corrected chi connectivity index (χ4v) is 3.84. The topological polar surface area (TPSA) is 46.6 Å². The zero-order chi connectivity index (χ0) is 12.7. The molecule has 0 amide bonds. The molecule has 0 aromatic carbocycles. The van der Waals surface area contributed by atoms with Gasteiger partial charge in [0.1, 0.15) is 0 Å². The van der Waals surface area contributed by atoms with E-state index in [4.69, 9.17) is 16.3 Å². The molecule has 4 nitrogen and oxygen atoms in total. The van der Waals surface area contributed by atoms with E-state index in [1.165, 1.54) is 15.6 Å². The van der Waals surface area contributed by atoms with Crippen molar-refractivity contribution in [3.05, 3.63) is 22.4 Å². The maximum absolute atomic E-state index is 12.0. The zero-order valence-electron chi connectivity index (χ0n) is 9.63. The van der Waals surface area contributed by atoms with Crippen molar-refractivity contribution in [1.82, 2.24) is 4.31 Å². The molecular weight excluding hydrogens is 282 g/mol. The minimum Gasteiger partial charge on any atom is -0.383 e. The predicted octanol–water partition coefficient (Wildman–Crippen LogP) is 1.77. The highest BCUT2D eigenvalue weighted by atomic mass is 35.5. The zero-order valence-corrected chi connectivity index (χ0v) is 12.0. The number of alkyl halides is 1. The maximum atomic E-state index is 12.0. The lowest BCUT2D eigenvalue weighted by Crippen LogP contribution is -2.35. The Labute approximate surface area is 111 Å². The fraction of sp³-hybridized carbons (Fsp3) is 0.600. The van der Waals surface area contributed by atoms with Crippen molar-refractivity contribution in [3.63, 3.8) is 0 Å². The molecule has 1 rings (SSSR count). The van der Waals surface area contributed by atoms with E-state index in [1.807, 2.05) is 17.5 Å². The van der Waals surface area contributed by atoms with Crippen LogP contribution >= 0.6 is 22.9 Å². The number of hydrogen-bond acceptors (Lipinski definition) is 4. The summed E-state index contributed by atoms with van der Waals surface area (Å²) in [5, 5.41) is 1.93. The van der Waals surface area contributed by atoms with Gasteiger partial charge in [0.2, 0.25) is 10.0 Å². The summed E-state index contributed by atoms with van der Waals surface area (Å²) in [5.41, 5.74) is 0. The number of ether oxygens (including phenoxy) is 1. The van der Waals surface area contributed by atoms with Crippen LogP contribution in [0.3, 0.4) is 0 Å². The Balaban J connectivity index is 2.73.